The van der Waals surface area contributed by atoms with Crippen LogP contribution in [0.3, 0.4) is 0 Å². The quantitative estimate of drug-likeness (QED) is 0.559. The minimum atomic E-state index is -4.37. The third-order valence-electron chi connectivity index (χ3n) is 6.02. The molecule has 1 aromatic carbocycles. The number of allylic oxidation sites excluding steroid dienone is 1. The Kier molecular flexibility index (Phi) is 7.57. The Hall–Kier alpha value is -2.03. The summed E-state index contributed by atoms with van der Waals surface area (Å²) in [4.78, 5) is 33.4. The van der Waals surface area contributed by atoms with Crippen LogP contribution in [0.2, 0.25) is 0 Å². The van der Waals surface area contributed by atoms with Gasteiger partial charge in [0.15, 0.2) is 0 Å². The van der Waals surface area contributed by atoms with Crippen LogP contribution in [0.25, 0.3) is 0 Å². The highest BCUT2D eigenvalue weighted by Gasteiger charge is 2.36. The zero-order chi connectivity index (χ0) is 23.5. The molecule has 2 heterocycles. The standard InChI is InChI=1S/C21H27F3N3O4P/c1-2-17-13-19(26-25-17)18(9-12-32(29,30)31)20(28)27-10-7-15(8-11-27)14-3-5-16(6-4-14)21(22,23)24/h3-6,13,15,18-19H,2,7-12H2,1H3,(H2,29,30,31)/t18-,19?/m1/s1. The normalized spacial score (nSPS) is 21.0. The first kappa shape index (κ1) is 24.6. The molecule has 1 fully saturated rings. The molecule has 3 rings (SSSR count). The van der Waals surface area contributed by atoms with E-state index in [4.69, 9.17) is 0 Å². The number of likely N-dealkylation sites (tertiary alicyclic amines) is 1. The Labute approximate surface area is 184 Å². The number of azo groups is 1. The molecular weight excluding hydrogens is 446 g/mol. The van der Waals surface area contributed by atoms with Crippen molar-refractivity contribution < 1.29 is 32.3 Å². The minimum absolute atomic E-state index is 0.000868. The second-order valence-corrected chi connectivity index (χ2v) is 10.00. The van der Waals surface area contributed by atoms with Crippen LogP contribution in [0.1, 0.15) is 49.7 Å². The van der Waals surface area contributed by atoms with Gasteiger partial charge in [0, 0.05) is 13.1 Å². The zero-order valence-electron chi connectivity index (χ0n) is 17.7. The van der Waals surface area contributed by atoms with Gasteiger partial charge >= 0.3 is 13.8 Å². The van der Waals surface area contributed by atoms with Crippen molar-refractivity contribution in [3.63, 3.8) is 0 Å². The lowest BCUT2D eigenvalue weighted by atomic mass is 9.87. The van der Waals surface area contributed by atoms with Gasteiger partial charge in [-0.25, -0.2) is 0 Å². The summed E-state index contributed by atoms with van der Waals surface area (Å²) in [5, 5.41) is 8.18. The monoisotopic (exact) mass is 473 g/mol. The minimum Gasteiger partial charge on any atom is -0.342 e. The van der Waals surface area contributed by atoms with Crippen molar-refractivity contribution in [3.05, 3.63) is 47.2 Å². The third kappa shape index (κ3) is 6.27. The molecule has 2 atom stereocenters. The van der Waals surface area contributed by atoms with Gasteiger partial charge < -0.3 is 14.7 Å². The van der Waals surface area contributed by atoms with Crippen molar-refractivity contribution in [2.45, 2.75) is 50.7 Å². The molecule has 0 radical (unpaired) electrons. The van der Waals surface area contributed by atoms with E-state index in [0.29, 0.717) is 32.4 Å². The number of carbonyl (C=O) groups excluding carboxylic acids is 1. The molecule has 1 aromatic rings. The van der Waals surface area contributed by atoms with Crippen LogP contribution < -0.4 is 0 Å². The molecule has 2 N–H and O–H groups in total. The van der Waals surface area contributed by atoms with E-state index in [0.717, 1.165) is 23.4 Å². The van der Waals surface area contributed by atoms with Gasteiger partial charge in [-0.2, -0.15) is 23.4 Å². The number of nitrogens with zero attached hydrogens (tertiary/aromatic N) is 3. The molecule has 176 valence electrons. The molecule has 0 bridgehead atoms. The molecule has 2 aliphatic rings. The number of rotatable bonds is 7. The summed E-state index contributed by atoms with van der Waals surface area (Å²) in [5.41, 5.74) is 0.861. The Balaban J connectivity index is 1.65. The average Bonchev–Trinajstić information content (AvgIpc) is 3.21. The van der Waals surface area contributed by atoms with Crippen LogP contribution in [0.15, 0.2) is 46.3 Å². The molecule has 11 heteroatoms. The van der Waals surface area contributed by atoms with E-state index in [1.807, 2.05) is 6.92 Å². The molecule has 2 aliphatic heterocycles. The number of halogens is 3. The van der Waals surface area contributed by atoms with Crippen LogP contribution in [-0.4, -0.2) is 45.9 Å². The highest BCUT2D eigenvalue weighted by Crippen LogP contribution is 2.39. The zero-order valence-corrected chi connectivity index (χ0v) is 18.6. The van der Waals surface area contributed by atoms with E-state index >= 15 is 0 Å². The van der Waals surface area contributed by atoms with Crippen molar-refractivity contribution in [1.82, 2.24) is 4.90 Å². The smallest absolute Gasteiger partial charge is 0.342 e. The lowest BCUT2D eigenvalue weighted by Gasteiger charge is -2.35. The number of hydrogen-bond donors (Lipinski definition) is 2. The van der Waals surface area contributed by atoms with E-state index in [9.17, 15) is 32.3 Å². The summed E-state index contributed by atoms with van der Waals surface area (Å²) in [7, 11) is -4.27. The number of alkyl halides is 3. The first-order valence-corrected chi connectivity index (χ1v) is 12.4. The summed E-state index contributed by atoms with van der Waals surface area (Å²) in [6, 6.07) is 4.59. The summed E-state index contributed by atoms with van der Waals surface area (Å²) in [6.45, 7) is 2.75. The van der Waals surface area contributed by atoms with Gasteiger partial charge in [-0.15, -0.1) is 0 Å². The fourth-order valence-electron chi connectivity index (χ4n) is 4.15. The molecular formula is C21H27F3N3O4P. The van der Waals surface area contributed by atoms with Gasteiger partial charge in [0.25, 0.3) is 0 Å². The predicted octanol–water partition coefficient (Wildman–Crippen LogP) is 4.72. The molecule has 32 heavy (non-hydrogen) atoms. The highest BCUT2D eigenvalue weighted by molar-refractivity contribution is 7.51. The van der Waals surface area contributed by atoms with Gasteiger partial charge in [-0.3, -0.25) is 9.36 Å². The molecule has 1 unspecified atom stereocenters. The molecule has 0 spiro atoms. The Bertz CT molecular complexity index is 919. The second-order valence-electron chi connectivity index (χ2n) is 8.22. The van der Waals surface area contributed by atoms with Gasteiger partial charge in [0.1, 0.15) is 6.04 Å². The van der Waals surface area contributed by atoms with Crippen LogP contribution in [0, 0.1) is 5.92 Å². The predicted molar refractivity (Wildman–Crippen MR) is 112 cm³/mol. The second kappa shape index (κ2) is 9.85. The highest BCUT2D eigenvalue weighted by atomic mass is 31.2. The van der Waals surface area contributed by atoms with Crippen molar-refractivity contribution >= 4 is 13.5 Å². The van der Waals surface area contributed by atoms with E-state index in [1.54, 1.807) is 11.0 Å². The molecule has 0 aliphatic carbocycles. The van der Waals surface area contributed by atoms with Crippen molar-refractivity contribution in [1.29, 1.82) is 0 Å². The summed E-state index contributed by atoms with van der Waals surface area (Å²) >= 11 is 0. The van der Waals surface area contributed by atoms with E-state index in [-0.39, 0.29) is 18.2 Å². The van der Waals surface area contributed by atoms with Gasteiger partial charge in [0.05, 0.1) is 23.3 Å². The lowest BCUT2D eigenvalue weighted by molar-refractivity contribution is -0.138. The molecule has 1 saturated heterocycles. The number of carbonyl (C=O) groups is 1. The summed E-state index contributed by atoms with van der Waals surface area (Å²) in [6.07, 6.45) is -1.16. The first-order chi connectivity index (χ1) is 15.0. The van der Waals surface area contributed by atoms with E-state index < -0.39 is 37.5 Å². The molecule has 1 amide bonds. The molecule has 7 nitrogen and oxygen atoms in total. The van der Waals surface area contributed by atoms with Crippen molar-refractivity contribution in [2.24, 2.45) is 16.1 Å². The molecule has 0 aromatic heterocycles. The Morgan fingerprint density at radius 1 is 1.22 bits per heavy atom. The Morgan fingerprint density at radius 2 is 1.84 bits per heavy atom. The van der Waals surface area contributed by atoms with E-state index in [2.05, 4.69) is 10.2 Å². The van der Waals surface area contributed by atoms with Crippen LogP contribution in [0.4, 0.5) is 13.2 Å². The fraction of sp³-hybridized carbons (Fsp3) is 0.571. The summed E-state index contributed by atoms with van der Waals surface area (Å²) in [5.74, 6) is -0.882. The first-order valence-electron chi connectivity index (χ1n) is 10.6. The lowest BCUT2D eigenvalue weighted by Crippen LogP contribution is -2.44. The summed E-state index contributed by atoms with van der Waals surface area (Å²) < 4.78 is 49.7. The number of amides is 1. The maximum absolute atomic E-state index is 13.2. The molecule has 0 saturated carbocycles. The van der Waals surface area contributed by atoms with Gasteiger partial charge in [-0.1, -0.05) is 19.1 Å². The average molecular weight is 473 g/mol. The van der Waals surface area contributed by atoms with Crippen molar-refractivity contribution in [2.75, 3.05) is 19.3 Å². The van der Waals surface area contributed by atoms with Crippen LogP contribution in [0.5, 0.6) is 0 Å². The maximum Gasteiger partial charge on any atom is 0.416 e. The largest absolute Gasteiger partial charge is 0.416 e. The van der Waals surface area contributed by atoms with Crippen LogP contribution in [-0.2, 0) is 15.5 Å². The number of hydrogen-bond acceptors (Lipinski definition) is 4. The Morgan fingerprint density at radius 3 is 2.34 bits per heavy atom. The third-order valence-corrected chi connectivity index (χ3v) is 6.86. The van der Waals surface area contributed by atoms with Gasteiger partial charge in [-0.05, 0) is 55.4 Å². The van der Waals surface area contributed by atoms with Crippen molar-refractivity contribution in [3.8, 4) is 0 Å². The van der Waals surface area contributed by atoms with E-state index in [1.165, 1.54) is 12.1 Å². The topological polar surface area (TPSA) is 103 Å². The SMILES string of the molecule is CCC1=CC([C@@H](CCP(=O)(O)O)C(=O)N2CCC(c3ccc(C(F)(F)F)cc3)CC2)N=N1. The fourth-order valence-corrected chi connectivity index (χ4v) is 4.76. The maximum atomic E-state index is 13.2. The van der Waals surface area contributed by atoms with Gasteiger partial charge in [0.2, 0.25) is 5.91 Å². The number of benzene rings is 1. The van der Waals surface area contributed by atoms with Crippen LogP contribution >= 0.6 is 7.60 Å². The number of piperidine rings is 1.